The van der Waals surface area contributed by atoms with Crippen molar-refractivity contribution < 1.29 is 5.11 Å². The summed E-state index contributed by atoms with van der Waals surface area (Å²) in [6.45, 7) is 2.05. The standard InChI is InChI=1S/C9H10N2OS2/c1-2-8-10-7(5-13-8)9(12)6-3-4-14-11-6/h3-5,9,12H,2H2,1H3. The first kappa shape index (κ1) is 9.76. The van der Waals surface area contributed by atoms with Crippen LogP contribution in [0.4, 0.5) is 0 Å². The van der Waals surface area contributed by atoms with E-state index in [-0.39, 0.29) is 0 Å². The van der Waals surface area contributed by atoms with Gasteiger partial charge in [-0.2, -0.15) is 4.37 Å². The van der Waals surface area contributed by atoms with Crippen LogP contribution >= 0.6 is 22.9 Å². The van der Waals surface area contributed by atoms with Crippen molar-refractivity contribution in [3.63, 3.8) is 0 Å². The summed E-state index contributed by atoms with van der Waals surface area (Å²) in [5, 5.41) is 14.7. The van der Waals surface area contributed by atoms with Gasteiger partial charge >= 0.3 is 0 Å². The number of aryl methyl sites for hydroxylation is 1. The molecule has 74 valence electrons. The Bertz CT molecular complexity index is 397. The Morgan fingerprint density at radius 2 is 2.36 bits per heavy atom. The van der Waals surface area contributed by atoms with Crippen LogP contribution in [0, 0.1) is 0 Å². The van der Waals surface area contributed by atoms with Crippen LogP contribution in [-0.2, 0) is 6.42 Å². The molecule has 0 aromatic carbocycles. The Morgan fingerprint density at radius 1 is 1.50 bits per heavy atom. The fraction of sp³-hybridized carbons (Fsp3) is 0.333. The zero-order valence-electron chi connectivity index (χ0n) is 7.67. The summed E-state index contributed by atoms with van der Waals surface area (Å²) < 4.78 is 4.08. The molecule has 2 aromatic heterocycles. The summed E-state index contributed by atoms with van der Waals surface area (Å²) in [6.07, 6.45) is 0.242. The van der Waals surface area contributed by atoms with Gasteiger partial charge in [-0.05, 0) is 24.0 Å². The van der Waals surface area contributed by atoms with Gasteiger partial charge in [0.05, 0.1) is 16.4 Å². The molecule has 0 radical (unpaired) electrons. The minimum Gasteiger partial charge on any atom is -0.380 e. The van der Waals surface area contributed by atoms with Crippen LogP contribution in [0.15, 0.2) is 16.8 Å². The Hall–Kier alpha value is -0.780. The maximum absolute atomic E-state index is 9.88. The first-order chi connectivity index (χ1) is 6.81. The molecule has 0 amide bonds. The average Bonchev–Trinajstić information content (AvgIpc) is 2.88. The monoisotopic (exact) mass is 226 g/mol. The van der Waals surface area contributed by atoms with E-state index in [0.29, 0.717) is 11.4 Å². The van der Waals surface area contributed by atoms with Gasteiger partial charge in [0.25, 0.3) is 0 Å². The summed E-state index contributed by atoms with van der Waals surface area (Å²) in [7, 11) is 0. The van der Waals surface area contributed by atoms with Crippen LogP contribution in [0.25, 0.3) is 0 Å². The highest BCUT2D eigenvalue weighted by Crippen LogP contribution is 2.23. The Labute approximate surface area is 90.2 Å². The molecule has 0 aliphatic rings. The lowest BCUT2D eigenvalue weighted by Gasteiger charge is -2.02. The Morgan fingerprint density at radius 3 is 2.93 bits per heavy atom. The van der Waals surface area contributed by atoms with Crippen LogP contribution in [0.5, 0.6) is 0 Å². The molecule has 0 fully saturated rings. The van der Waals surface area contributed by atoms with Crippen molar-refractivity contribution in [3.8, 4) is 0 Å². The van der Waals surface area contributed by atoms with Crippen molar-refractivity contribution in [2.45, 2.75) is 19.4 Å². The predicted octanol–water partition coefficient (Wildman–Crippen LogP) is 2.24. The van der Waals surface area contributed by atoms with E-state index in [1.54, 1.807) is 11.3 Å². The first-order valence-electron chi connectivity index (χ1n) is 4.34. The van der Waals surface area contributed by atoms with Gasteiger partial charge in [0.15, 0.2) is 0 Å². The van der Waals surface area contributed by atoms with Crippen molar-refractivity contribution in [3.05, 3.63) is 33.2 Å². The summed E-state index contributed by atoms with van der Waals surface area (Å²) in [4.78, 5) is 4.32. The van der Waals surface area contributed by atoms with E-state index in [0.717, 1.165) is 11.4 Å². The molecule has 0 saturated carbocycles. The zero-order chi connectivity index (χ0) is 9.97. The van der Waals surface area contributed by atoms with Gasteiger partial charge in [-0.1, -0.05) is 6.92 Å². The predicted molar refractivity (Wildman–Crippen MR) is 57.7 cm³/mol. The van der Waals surface area contributed by atoms with Crippen molar-refractivity contribution >= 4 is 22.9 Å². The fourth-order valence-corrected chi connectivity index (χ4v) is 2.43. The number of nitrogens with zero attached hydrogens (tertiary/aromatic N) is 2. The van der Waals surface area contributed by atoms with E-state index < -0.39 is 6.10 Å². The quantitative estimate of drug-likeness (QED) is 0.873. The van der Waals surface area contributed by atoms with E-state index >= 15 is 0 Å². The lowest BCUT2D eigenvalue weighted by molar-refractivity contribution is 0.212. The van der Waals surface area contributed by atoms with Gasteiger partial charge in [-0.15, -0.1) is 11.3 Å². The Balaban J connectivity index is 2.23. The molecule has 0 spiro atoms. The molecule has 1 atom stereocenters. The molecule has 0 saturated heterocycles. The largest absolute Gasteiger partial charge is 0.380 e. The fourth-order valence-electron chi connectivity index (χ4n) is 1.13. The van der Waals surface area contributed by atoms with Crippen molar-refractivity contribution in [2.24, 2.45) is 0 Å². The van der Waals surface area contributed by atoms with E-state index in [1.165, 1.54) is 11.5 Å². The molecule has 0 bridgehead atoms. The molecular weight excluding hydrogens is 216 g/mol. The molecule has 1 N–H and O–H groups in total. The van der Waals surface area contributed by atoms with Gasteiger partial charge in [-0.25, -0.2) is 4.98 Å². The van der Waals surface area contributed by atoms with Gasteiger partial charge in [0.2, 0.25) is 0 Å². The second kappa shape index (κ2) is 4.16. The first-order valence-corrected chi connectivity index (χ1v) is 6.05. The summed E-state index contributed by atoms with van der Waals surface area (Å²) in [5.74, 6) is 0. The Kier molecular flexibility index (Phi) is 2.90. The molecule has 3 nitrogen and oxygen atoms in total. The number of aliphatic hydroxyl groups is 1. The van der Waals surface area contributed by atoms with Crippen LogP contribution in [0.1, 0.15) is 29.4 Å². The molecule has 2 heterocycles. The van der Waals surface area contributed by atoms with E-state index in [4.69, 9.17) is 0 Å². The highest BCUT2D eigenvalue weighted by atomic mass is 32.1. The van der Waals surface area contributed by atoms with E-state index in [1.807, 2.05) is 16.8 Å². The zero-order valence-corrected chi connectivity index (χ0v) is 9.31. The van der Waals surface area contributed by atoms with Crippen LogP contribution < -0.4 is 0 Å². The number of thiazole rings is 1. The normalized spacial score (nSPS) is 13.0. The third-order valence-electron chi connectivity index (χ3n) is 1.89. The van der Waals surface area contributed by atoms with E-state index in [2.05, 4.69) is 16.3 Å². The van der Waals surface area contributed by atoms with Gasteiger partial charge < -0.3 is 5.11 Å². The summed E-state index contributed by atoms with van der Waals surface area (Å²) >= 11 is 2.92. The second-order valence-corrected chi connectivity index (χ2v) is 4.45. The van der Waals surface area contributed by atoms with Gasteiger partial charge in [0, 0.05) is 10.8 Å². The maximum Gasteiger partial charge on any atom is 0.140 e. The number of aromatic nitrogens is 2. The third-order valence-corrected chi connectivity index (χ3v) is 3.48. The molecular formula is C9H10N2OS2. The molecule has 5 heteroatoms. The highest BCUT2D eigenvalue weighted by Gasteiger charge is 2.15. The molecule has 14 heavy (non-hydrogen) atoms. The van der Waals surface area contributed by atoms with Gasteiger partial charge in [-0.3, -0.25) is 0 Å². The summed E-state index contributed by atoms with van der Waals surface area (Å²) in [5.41, 5.74) is 1.39. The SMILES string of the molecule is CCc1nc(C(O)c2ccsn2)cs1. The smallest absolute Gasteiger partial charge is 0.140 e. The van der Waals surface area contributed by atoms with Crippen LogP contribution in [0.3, 0.4) is 0 Å². The molecule has 0 aliphatic carbocycles. The molecule has 2 aromatic rings. The van der Waals surface area contributed by atoms with Crippen LogP contribution in [0.2, 0.25) is 0 Å². The third kappa shape index (κ3) is 1.84. The minimum absolute atomic E-state index is 0.669. The molecule has 0 aliphatic heterocycles. The van der Waals surface area contributed by atoms with Crippen molar-refractivity contribution in [2.75, 3.05) is 0 Å². The highest BCUT2D eigenvalue weighted by molar-refractivity contribution is 7.09. The van der Waals surface area contributed by atoms with Crippen LogP contribution in [-0.4, -0.2) is 14.5 Å². The lowest BCUT2D eigenvalue weighted by Crippen LogP contribution is -2.00. The number of hydrogen-bond acceptors (Lipinski definition) is 5. The van der Waals surface area contributed by atoms with Crippen molar-refractivity contribution in [1.29, 1.82) is 0 Å². The van der Waals surface area contributed by atoms with E-state index in [9.17, 15) is 5.11 Å². The van der Waals surface area contributed by atoms with Gasteiger partial charge in [0.1, 0.15) is 6.10 Å². The van der Waals surface area contributed by atoms with Crippen molar-refractivity contribution in [1.82, 2.24) is 9.36 Å². The number of hydrogen-bond donors (Lipinski definition) is 1. The average molecular weight is 226 g/mol. The summed E-state index contributed by atoms with van der Waals surface area (Å²) in [6, 6.07) is 1.82. The second-order valence-electron chi connectivity index (χ2n) is 2.85. The number of aliphatic hydroxyl groups excluding tert-OH is 1. The topological polar surface area (TPSA) is 46.0 Å². The number of rotatable bonds is 3. The lowest BCUT2D eigenvalue weighted by atomic mass is 10.2. The molecule has 1 unspecified atom stereocenters. The maximum atomic E-state index is 9.88. The minimum atomic E-state index is -0.669. The molecule has 2 rings (SSSR count).